The number of amides is 1. The van der Waals surface area contributed by atoms with E-state index < -0.39 is 0 Å². The topological polar surface area (TPSA) is 67.3 Å². The number of hydrogen-bond donors (Lipinski definition) is 0. The van der Waals surface area contributed by atoms with Crippen molar-refractivity contribution < 1.29 is 14.3 Å². The van der Waals surface area contributed by atoms with Crippen LogP contribution < -0.4 is 9.47 Å². The van der Waals surface area contributed by atoms with Gasteiger partial charge in [-0.3, -0.25) is 14.7 Å². The van der Waals surface area contributed by atoms with Crippen LogP contribution in [0.1, 0.15) is 43.2 Å². The first-order valence-electron chi connectivity index (χ1n) is 12.1. The van der Waals surface area contributed by atoms with Gasteiger partial charge in [0.1, 0.15) is 6.17 Å². The number of benzene rings is 1. The first-order valence-corrected chi connectivity index (χ1v) is 12.1. The number of fused-ring (bicyclic) bond motifs is 1. The van der Waals surface area contributed by atoms with Gasteiger partial charge in [0, 0.05) is 37.0 Å². The van der Waals surface area contributed by atoms with Gasteiger partial charge in [0.2, 0.25) is 5.91 Å². The molecule has 3 atom stereocenters. The fourth-order valence-electron chi connectivity index (χ4n) is 5.44. The molecule has 1 aliphatic carbocycles. The van der Waals surface area contributed by atoms with Crippen molar-refractivity contribution in [3.05, 3.63) is 66.0 Å². The van der Waals surface area contributed by atoms with Crippen molar-refractivity contribution in [1.29, 1.82) is 0 Å². The number of aromatic nitrogens is 1. The lowest BCUT2D eigenvalue weighted by Gasteiger charge is -2.45. The summed E-state index contributed by atoms with van der Waals surface area (Å²) in [6, 6.07) is 10.0. The van der Waals surface area contributed by atoms with Crippen LogP contribution in [0.3, 0.4) is 0 Å². The maximum atomic E-state index is 13.8. The number of likely N-dealkylation sites (tertiary alicyclic amines) is 1. The zero-order valence-corrected chi connectivity index (χ0v) is 19.9. The van der Waals surface area contributed by atoms with Crippen LogP contribution in [-0.4, -0.2) is 53.4 Å². The van der Waals surface area contributed by atoms with E-state index in [9.17, 15) is 4.79 Å². The maximum absolute atomic E-state index is 13.8. The number of allylic oxidation sites excluding steroid dienone is 2. The highest BCUT2D eigenvalue weighted by atomic mass is 16.5. The molecule has 0 radical (unpaired) electrons. The Bertz CT molecular complexity index is 1080. The molecule has 1 aromatic carbocycles. The Morgan fingerprint density at radius 1 is 0.971 bits per heavy atom. The first-order chi connectivity index (χ1) is 16.7. The summed E-state index contributed by atoms with van der Waals surface area (Å²) in [6.07, 6.45) is 12.6. The van der Waals surface area contributed by atoms with Crippen molar-refractivity contribution in [2.24, 2.45) is 16.9 Å². The number of piperidine rings is 1. The summed E-state index contributed by atoms with van der Waals surface area (Å²) < 4.78 is 11.0. The maximum Gasteiger partial charge on any atom is 0.248 e. The van der Waals surface area contributed by atoms with Gasteiger partial charge in [-0.15, -0.1) is 0 Å². The van der Waals surface area contributed by atoms with E-state index >= 15 is 0 Å². The zero-order chi connectivity index (χ0) is 23.5. The molecule has 1 aromatic heterocycles. The van der Waals surface area contributed by atoms with Gasteiger partial charge in [-0.05, 0) is 68.0 Å². The fourth-order valence-corrected chi connectivity index (χ4v) is 5.44. The molecule has 1 fully saturated rings. The number of ether oxygens (including phenoxy) is 2. The molecule has 34 heavy (non-hydrogen) atoms. The highest BCUT2D eigenvalue weighted by Crippen LogP contribution is 2.38. The van der Waals surface area contributed by atoms with Crippen molar-refractivity contribution in [2.75, 3.05) is 20.8 Å². The summed E-state index contributed by atoms with van der Waals surface area (Å²) in [5.74, 6) is 1.49. The van der Waals surface area contributed by atoms with E-state index in [1.807, 2.05) is 42.7 Å². The number of rotatable bonds is 6. The third-order valence-electron chi connectivity index (χ3n) is 7.22. The number of pyridine rings is 1. The summed E-state index contributed by atoms with van der Waals surface area (Å²) >= 11 is 0. The molecule has 3 heterocycles. The van der Waals surface area contributed by atoms with Crippen LogP contribution in [0.15, 0.2) is 60.0 Å². The Kier molecular flexibility index (Phi) is 6.63. The van der Waals surface area contributed by atoms with Crippen LogP contribution in [0, 0.1) is 11.8 Å². The summed E-state index contributed by atoms with van der Waals surface area (Å²) in [5.41, 5.74) is 3.15. The van der Waals surface area contributed by atoms with E-state index in [1.165, 1.54) is 5.56 Å². The molecule has 2 aromatic rings. The third kappa shape index (κ3) is 4.32. The van der Waals surface area contributed by atoms with Crippen molar-refractivity contribution in [3.63, 3.8) is 0 Å². The second-order valence-corrected chi connectivity index (χ2v) is 9.20. The fraction of sp³-hybridized carbons (Fsp3) is 0.444. The molecule has 0 N–H and O–H groups in total. The predicted molar refractivity (Wildman–Crippen MR) is 131 cm³/mol. The molecule has 5 rings (SSSR count). The average Bonchev–Trinajstić information content (AvgIpc) is 2.90. The smallest absolute Gasteiger partial charge is 0.248 e. The molecule has 2 aliphatic heterocycles. The Hall–Kier alpha value is -3.19. The molecule has 3 aliphatic rings. The molecular formula is C27H32N4O3. The number of methoxy groups -OCH3 is 2. The highest BCUT2D eigenvalue weighted by Gasteiger charge is 2.44. The molecular weight excluding hydrogens is 428 g/mol. The minimum Gasteiger partial charge on any atom is -0.493 e. The number of carbonyl (C=O) groups excluding carboxylic acids is 1. The van der Waals surface area contributed by atoms with Crippen LogP contribution in [0.4, 0.5) is 0 Å². The highest BCUT2D eigenvalue weighted by molar-refractivity contribution is 6.07. The van der Waals surface area contributed by atoms with Gasteiger partial charge in [-0.25, -0.2) is 5.01 Å². The minimum absolute atomic E-state index is 0.0450. The molecule has 1 unspecified atom stereocenters. The second-order valence-electron chi connectivity index (χ2n) is 9.20. The van der Waals surface area contributed by atoms with E-state index in [2.05, 4.69) is 22.0 Å². The molecule has 0 bridgehead atoms. The lowest BCUT2D eigenvalue weighted by atomic mass is 9.76. The molecule has 0 spiro atoms. The van der Waals surface area contributed by atoms with Crippen molar-refractivity contribution in [1.82, 2.24) is 14.9 Å². The van der Waals surface area contributed by atoms with Gasteiger partial charge in [0.25, 0.3) is 0 Å². The summed E-state index contributed by atoms with van der Waals surface area (Å²) in [7, 11) is 3.28. The van der Waals surface area contributed by atoms with E-state index in [0.29, 0.717) is 11.5 Å². The Balaban J connectivity index is 1.52. The number of hydrazone groups is 1. The molecule has 7 nitrogen and oxygen atoms in total. The van der Waals surface area contributed by atoms with Crippen LogP contribution >= 0.6 is 0 Å². The lowest BCUT2D eigenvalue weighted by Crippen LogP contribution is -2.56. The largest absolute Gasteiger partial charge is 0.493 e. The van der Waals surface area contributed by atoms with Gasteiger partial charge in [0.05, 0.1) is 25.8 Å². The molecule has 0 saturated carbocycles. The van der Waals surface area contributed by atoms with Gasteiger partial charge in [-0.2, -0.15) is 5.10 Å². The summed E-state index contributed by atoms with van der Waals surface area (Å²) in [5, 5.41) is 6.88. The molecule has 7 heteroatoms. The minimum atomic E-state index is -0.0877. The number of carbonyl (C=O) groups is 1. The quantitative estimate of drug-likeness (QED) is 0.603. The lowest BCUT2D eigenvalue weighted by molar-refractivity contribution is -0.147. The van der Waals surface area contributed by atoms with Crippen molar-refractivity contribution >= 4 is 11.6 Å². The van der Waals surface area contributed by atoms with E-state index in [1.54, 1.807) is 19.2 Å². The van der Waals surface area contributed by atoms with Crippen LogP contribution in [0.2, 0.25) is 0 Å². The molecule has 178 valence electrons. The normalized spacial score (nSPS) is 25.0. The third-order valence-corrected chi connectivity index (χ3v) is 7.22. The van der Waals surface area contributed by atoms with E-state index in [-0.39, 0.29) is 23.9 Å². The average molecular weight is 461 g/mol. The van der Waals surface area contributed by atoms with Crippen molar-refractivity contribution in [2.45, 2.75) is 44.8 Å². The van der Waals surface area contributed by atoms with Crippen LogP contribution in [-0.2, 0) is 11.3 Å². The molecule has 1 amide bonds. The molecule has 1 saturated heterocycles. The Morgan fingerprint density at radius 2 is 1.74 bits per heavy atom. The Morgan fingerprint density at radius 3 is 2.50 bits per heavy atom. The van der Waals surface area contributed by atoms with E-state index in [4.69, 9.17) is 14.6 Å². The SMILES string of the molecule is COc1ccc(C2=NN(C3CCCCN3Cc3ccncc3)C(=O)[C@@H]3CC=CC[C@H]23)cc1OC. The van der Waals surface area contributed by atoms with Gasteiger partial charge in [-0.1, -0.05) is 12.2 Å². The zero-order valence-electron chi connectivity index (χ0n) is 19.9. The standard InChI is InChI=1S/C27H32N4O3/c1-33-23-11-10-20(17-24(23)34-2)26-21-7-3-4-8-22(21)27(32)31(29-26)25-9-5-6-16-30(25)18-19-12-14-28-15-13-19/h3-4,10-15,17,21-22,25H,5-9,16,18H2,1-2H3/t21-,22+,25?/m0/s1. The first kappa shape index (κ1) is 22.6. The summed E-state index contributed by atoms with van der Waals surface area (Å²) in [4.78, 5) is 20.3. The number of hydrogen-bond acceptors (Lipinski definition) is 6. The van der Waals surface area contributed by atoms with E-state index in [0.717, 1.165) is 56.5 Å². The van der Waals surface area contributed by atoms with Gasteiger partial charge >= 0.3 is 0 Å². The van der Waals surface area contributed by atoms with Crippen LogP contribution in [0.25, 0.3) is 0 Å². The second kappa shape index (κ2) is 9.97. The Labute approximate surface area is 201 Å². The number of nitrogens with zero attached hydrogens (tertiary/aromatic N) is 4. The predicted octanol–water partition coefficient (Wildman–Crippen LogP) is 4.24. The monoisotopic (exact) mass is 460 g/mol. The summed E-state index contributed by atoms with van der Waals surface area (Å²) in [6.45, 7) is 1.73. The van der Waals surface area contributed by atoms with Gasteiger partial charge < -0.3 is 9.47 Å². The van der Waals surface area contributed by atoms with Gasteiger partial charge in [0.15, 0.2) is 11.5 Å². The van der Waals surface area contributed by atoms with Crippen molar-refractivity contribution in [3.8, 4) is 11.5 Å². The van der Waals surface area contributed by atoms with Crippen LogP contribution in [0.5, 0.6) is 11.5 Å².